The summed E-state index contributed by atoms with van der Waals surface area (Å²) in [6, 6.07) is 4.57. The van der Waals surface area contributed by atoms with Crippen LogP contribution in [0.15, 0.2) is 18.2 Å². The zero-order chi connectivity index (χ0) is 13.7. The van der Waals surface area contributed by atoms with Crippen LogP contribution in [0.5, 0.6) is 5.75 Å². The number of ether oxygens (including phenoxy) is 1. The van der Waals surface area contributed by atoms with Crippen LogP contribution in [0, 0.1) is 6.92 Å². The van der Waals surface area contributed by atoms with Gasteiger partial charge in [0.1, 0.15) is 5.75 Å². The molecule has 0 aliphatic carbocycles. The molecule has 5 nitrogen and oxygen atoms in total. The second-order valence-electron chi connectivity index (χ2n) is 4.05. The van der Waals surface area contributed by atoms with Crippen LogP contribution in [-0.2, 0) is 9.53 Å². The number of hydrogen-bond donors (Lipinski definition) is 1. The average molecular weight is 251 g/mol. The number of amides is 1. The van der Waals surface area contributed by atoms with Crippen molar-refractivity contribution in [1.29, 1.82) is 0 Å². The number of carbonyl (C=O) groups is 2. The number of hydrogen-bond acceptors (Lipinski definition) is 4. The normalized spacial score (nSPS) is 9.94. The molecule has 1 amide bonds. The fourth-order valence-electron chi connectivity index (χ4n) is 1.56. The number of benzene rings is 1. The van der Waals surface area contributed by atoms with E-state index >= 15 is 0 Å². The summed E-state index contributed by atoms with van der Waals surface area (Å²) in [5.74, 6) is -0.408. The average Bonchev–Trinajstić information content (AvgIpc) is 2.34. The summed E-state index contributed by atoms with van der Waals surface area (Å²) in [7, 11) is 2.94. The van der Waals surface area contributed by atoms with Crippen molar-refractivity contribution in [3.63, 3.8) is 0 Å². The Morgan fingerprint density at radius 3 is 2.61 bits per heavy atom. The largest absolute Gasteiger partial charge is 0.508 e. The Morgan fingerprint density at radius 2 is 2.06 bits per heavy atom. The SMILES string of the molecule is COC(=O)CCN(C)C(=O)c1ccc(O)cc1C. The lowest BCUT2D eigenvalue weighted by Crippen LogP contribution is -2.29. The zero-order valence-corrected chi connectivity index (χ0v) is 10.8. The van der Waals surface area contributed by atoms with E-state index in [4.69, 9.17) is 0 Å². The Morgan fingerprint density at radius 1 is 1.39 bits per heavy atom. The van der Waals surface area contributed by atoms with Gasteiger partial charge in [0.15, 0.2) is 0 Å². The minimum absolute atomic E-state index is 0.126. The van der Waals surface area contributed by atoms with Gasteiger partial charge in [0.25, 0.3) is 5.91 Å². The van der Waals surface area contributed by atoms with Gasteiger partial charge < -0.3 is 14.7 Å². The van der Waals surface area contributed by atoms with Gasteiger partial charge in [0, 0.05) is 19.2 Å². The first kappa shape index (κ1) is 14.0. The van der Waals surface area contributed by atoms with Crippen LogP contribution >= 0.6 is 0 Å². The summed E-state index contributed by atoms with van der Waals surface area (Å²) in [5, 5.41) is 9.28. The van der Waals surface area contributed by atoms with Crippen molar-refractivity contribution in [2.45, 2.75) is 13.3 Å². The summed E-state index contributed by atoms with van der Waals surface area (Å²) in [6.07, 6.45) is 0.163. The molecule has 1 aromatic rings. The Kier molecular flexibility index (Phi) is 4.71. The molecule has 5 heteroatoms. The lowest BCUT2D eigenvalue weighted by Gasteiger charge is -2.17. The van der Waals surface area contributed by atoms with Gasteiger partial charge in [-0.3, -0.25) is 9.59 Å². The maximum atomic E-state index is 12.1. The molecule has 0 aromatic heterocycles. The molecule has 1 rings (SSSR count). The minimum atomic E-state index is -0.350. The summed E-state index contributed by atoms with van der Waals surface area (Å²) in [5.41, 5.74) is 1.21. The Balaban J connectivity index is 2.71. The molecule has 0 unspecified atom stereocenters. The zero-order valence-electron chi connectivity index (χ0n) is 10.8. The highest BCUT2D eigenvalue weighted by molar-refractivity contribution is 5.95. The molecule has 0 aliphatic heterocycles. The van der Waals surface area contributed by atoms with E-state index < -0.39 is 0 Å². The van der Waals surface area contributed by atoms with E-state index in [0.717, 1.165) is 0 Å². The lowest BCUT2D eigenvalue weighted by atomic mass is 10.1. The highest BCUT2D eigenvalue weighted by Crippen LogP contribution is 2.17. The van der Waals surface area contributed by atoms with Crippen molar-refractivity contribution in [1.82, 2.24) is 4.90 Å². The molecule has 0 bridgehead atoms. The number of rotatable bonds is 4. The molecule has 0 radical (unpaired) electrons. The summed E-state index contributed by atoms with van der Waals surface area (Å²) in [4.78, 5) is 24.5. The van der Waals surface area contributed by atoms with E-state index in [0.29, 0.717) is 17.7 Å². The molecule has 1 aromatic carbocycles. The Hall–Kier alpha value is -2.04. The third-order valence-electron chi connectivity index (χ3n) is 2.67. The van der Waals surface area contributed by atoms with Crippen LogP contribution in [0.1, 0.15) is 22.3 Å². The van der Waals surface area contributed by atoms with Crippen molar-refractivity contribution in [2.75, 3.05) is 20.7 Å². The van der Waals surface area contributed by atoms with E-state index in [-0.39, 0.29) is 24.0 Å². The second-order valence-corrected chi connectivity index (χ2v) is 4.05. The van der Waals surface area contributed by atoms with Crippen molar-refractivity contribution < 1.29 is 19.4 Å². The predicted molar refractivity (Wildman–Crippen MR) is 66.4 cm³/mol. The number of carbonyl (C=O) groups excluding carboxylic acids is 2. The summed E-state index contributed by atoms with van der Waals surface area (Å²) < 4.78 is 4.52. The van der Waals surface area contributed by atoms with Crippen molar-refractivity contribution in [3.8, 4) is 5.75 Å². The quantitative estimate of drug-likeness (QED) is 0.820. The maximum absolute atomic E-state index is 12.1. The van der Waals surface area contributed by atoms with Crippen LogP contribution in [0.3, 0.4) is 0 Å². The first-order chi connectivity index (χ1) is 8.45. The van der Waals surface area contributed by atoms with E-state index in [9.17, 15) is 14.7 Å². The smallest absolute Gasteiger partial charge is 0.307 e. The number of phenols is 1. The molecular formula is C13H17NO4. The van der Waals surface area contributed by atoms with Gasteiger partial charge in [0.05, 0.1) is 13.5 Å². The maximum Gasteiger partial charge on any atom is 0.307 e. The number of esters is 1. The standard InChI is InChI=1S/C13H17NO4/c1-9-8-10(15)4-5-11(9)13(17)14(2)7-6-12(16)18-3/h4-5,8,15H,6-7H2,1-3H3. The monoisotopic (exact) mass is 251 g/mol. The molecule has 0 aliphatic rings. The molecule has 18 heavy (non-hydrogen) atoms. The molecule has 1 N–H and O–H groups in total. The van der Waals surface area contributed by atoms with Gasteiger partial charge in [0.2, 0.25) is 0 Å². The molecule has 0 spiro atoms. The summed E-state index contributed by atoms with van der Waals surface area (Å²) in [6.45, 7) is 2.05. The first-order valence-corrected chi connectivity index (χ1v) is 5.57. The van der Waals surface area contributed by atoms with Gasteiger partial charge in [-0.15, -0.1) is 0 Å². The van der Waals surface area contributed by atoms with Crippen LogP contribution in [-0.4, -0.2) is 42.6 Å². The fourth-order valence-corrected chi connectivity index (χ4v) is 1.56. The third kappa shape index (κ3) is 3.48. The topological polar surface area (TPSA) is 66.8 Å². The minimum Gasteiger partial charge on any atom is -0.508 e. The van der Waals surface area contributed by atoms with Crippen molar-refractivity contribution >= 4 is 11.9 Å². The number of aryl methyl sites for hydroxylation is 1. The van der Waals surface area contributed by atoms with Gasteiger partial charge in [-0.1, -0.05) is 0 Å². The van der Waals surface area contributed by atoms with Crippen LogP contribution in [0.25, 0.3) is 0 Å². The van der Waals surface area contributed by atoms with E-state index in [1.54, 1.807) is 20.0 Å². The van der Waals surface area contributed by atoms with Crippen LogP contribution in [0.4, 0.5) is 0 Å². The predicted octanol–water partition coefficient (Wildman–Crippen LogP) is 1.34. The van der Waals surface area contributed by atoms with E-state index in [1.807, 2.05) is 0 Å². The number of nitrogens with zero attached hydrogens (tertiary/aromatic N) is 1. The summed E-state index contributed by atoms with van der Waals surface area (Å²) >= 11 is 0. The number of aromatic hydroxyl groups is 1. The molecule has 0 atom stereocenters. The molecule has 0 saturated heterocycles. The van der Waals surface area contributed by atoms with Crippen molar-refractivity contribution in [2.24, 2.45) is 0 Å². The molecule has 0 heterocycles. The number of methoxy groups -OCH3 is 1. The molecule has 0 saturated carbocycles. The van der Waals surface area contributed by atoms with E-state index in [2.05, 4.69) is 4.74 Å². The molecule has 0 fully saturated rings. The second kappa shape index (κ2) is 6.05. The Labute approximate surface area is 106 Å². The highest BCUT2D eigenvalue weighted by atomic mass is 16.5. The molecule has 98 valence electrons. The Bertz CT molecular complexity index is 456. The molecular weight excluding hydrogens is 234 g/mol. The number of phenolic OH excluding ortho intramolecular Hbond substituents is 1. The van der Waals surface area contributed by atoms with Gasteiger partial charge in [-0.05, 0) is 30.7 Å². The first-order valence-electron chi connectivity index (χ1n) is 5.57. The van der Waals surface area contributed by atoms with Crippen LogP contribution in [0.2, 0.25) is 0 Å². The fraction of sp³-hybridized carbons (Fsp3) is 0.385. The van der Waals surface area contributed by atoms with Gasteiger partial charge in [-0.25, -0.2) is 0 Å². The van der Waals surface area contributed by atoms with Crippen molar-refractivity contribution in [3.05, 3.63) is 29.3 Å². The highest BCUT2D eigenvalue weighted by Gasteiger charge is 2.15. The van der Waals surface area contributed by atoms with Gasteiger partial charge in [-0.2, -0.15) is 0 Å². The van der Waals surface area contributed by atoms with E-state index in [1.165, 1.54) is 24.1 Å². The third-order valence-corrected chi connectivity index (χ3v) is 2.67. The van der Waals surface area contributed by atoms with Crippen LogP contribution < -0.4 is 0 Å². The van der Waals surface area contributed by atoms with Gasteiger partial charge >= 0.3 is 5.97 Å². The lowest BCUT2D eigenvalue weighted by molar-refractivity contribution is -0.140.